The first-order chi connectivity index (χ1) is 16.8. The lowest BCUT2D eigenvalue weighted by molar-refractivity contribution is -0.463. The summed E-state index contributed by atoms with van der Waals surface area (Å²) in [4.78, 5) is 20.9. The van der Waals surface area contributed by atoms with E-state index in [0.717, 1.165) is 0 Å². The maximum Gasteiger partial charge on any atom is 0.460 e. The topological polar surface area (TPSA) is 52.6 Å². The molecule has 0 spiro atoms. The van der Waals surface area contributed by atoms with Crippen LogP contribution in [-0.2, 0) is 19.1 Å². The second-order valence-corrected chi connectivity index (χ2v) is 7.12. The molecule has 0 aromatic heterocycles. The van der Waals surface area contributed by atoms with Crippen LogP contribution >= 0.6 is 0 Å². The van der Waals surface area contributed by atoms with E-state index in [9.17, 15) is 84.2 Å². The van der Waals surface area contributed by atoms with Crippen LogP contribution in [0.15, 0.2) is 24.8 Å². The van der Waals surface area contributed by atoms with Crippen LogP contribution in [0, 0.1) is 0 Å². The van der Waals surface area contributed by atoms with Gasteiger partial charge in [-0.3, -0.25) is 0 Å². The average Bonchev–Trinajstić information content (AvgIpc) is 2.76. The fourth-order valence-electron chi connectivity index (χ4n) is 1.90. The number of hydrogen-bond donors (Lipinski definition) is 0. The molecule has 1 unspecified atom stereocenters. The summed E-state index contributed by atoms with van der Waals surface area (Å²) in [6.07, 6.45) is -11.8. The summed E-state index contributed by atoms with van der Waals surface area (Å²) in [6, 6.07) is 0. The highest BCUT2D eigenvalue weighted by atomic mass is 19.4. The monoisotopic (exact) mass is 618 g/mol. The van der Waals surface area contributed by atoms with Crippen LogP contribution < -0.4 is 0 Å². The lowest BCUT2D eigenvalue weighted by Crippen LogP contribution is -2.75. The normalized spacial score (nSPS) is 15.0. The number of ether oxygens (including phenoxy) is 2. The molecule has 0 bridgehead atoms. The quantitative estimate of drug-likeness (QED) is 0.153. The highest BCUT2D eigenvalue weighted by Gasteiger charge is 2.95. The molecule has 21 heteroatoms. The molecule has 0 aliphatic heterocycles. The van der Waals surface area contributed by atoms with Crippen LogP contribution in [0.3, 0.4) is 0 Å². The largest absolute Gasteiger partial charge is 0.466 e. The number of carbonyl (C=O) groups excluding carboxylic acids is 2. The van der Waals surface area contributed by atoms with Crippen LogP contribution in [0.2, 0.25) is 0 Å². The third kappa shape index (κ3) is 6.36. The molecule has 0 aromatic rings. The van der Waals surface area contributed by atoms with E-state index in [1.807, 2.05) is 0 Å². The molecule has 0 saturated heterocycles. The molecule has 0 N–H and O–H groups in total. The van der Waals surface area contributed by atoms with E-state index in [2.05, 4.69) is 22.6 Å². The molecule has 0 aliphatic carbocycles. The van der Waals surface area contributed by atoms with Crippen LogP contribution in [-0.4, -0.2) is 72.8 Å². The summed E-state index contributed by atoms with van der Waals surface area (Å²) < 4.78 is 229. The summed E-state index contributed by atoms with van der Waals surface area (Å²) in [7, 11) is 1.33. The van der Waals surface area contributed by atoms with Gasteiger partial charge in [-0.05, 0) is 13.8 Å². The van der Waals surface area contributed by atoms with Crippen molar-refractivity contribution < 1.29 is 93.7 Å². The van der Waals surface area contributed by atoms with E-state index in [1.54, 1.807) is 6.92 Å². The molecule has 4 nitrogen and oxygen atoms in total. The maximum absolute atomic E-state index is 13.6. The van der Waals surface area contributed by atoms with Crippen LogP contribution in [0.4, 0.5) is 74.6 Å². The molecule has 0 saturated carbocycles. The van der Waals surface area contributed by atoms with Crippen LogP contribution in [0.1, 0.15) is 13.8 Å². The van der Waals surface area contributed by atoms with Gasteiger partial charge in [0.25, 0.3) is 0 Å². The predicted molar refractivity (Wildman–Crippen MR) is 93.3 cm³/mol. The van der Waals surface area contributed by atoms with Crippen molar-refractivity contribution in [2.75, 3.05) is 7.11 Å². The number of esters is 2. The second kappa shape index (κ2) is 11.4. The first-order valence-corrected chi connectivity index (χ1v) is 9.09. The summed E-state index contributed by atoms with van der Waals surface area (Å²) in [5, 5.41) is 0. The van der Waals surface area contributed by atoms with Gasteiger partial charge < -0.3 is 9.47 Å². The zero-order valence-corrected chi connectivity index (χ0v) is 19.1. The predicted octanol–water partition coefficient (Wildman–Crippen LogP) is 6.85. The van der Waals surface area contributed by atoms with Gasteiger partial charge in [0, 0.05) is 11.6 Å². The molecule has 1 atom stereocenters. The van der Waals surface area contributed by atoms with E-state index in [4.69, 9.17) is 0 Å². The van der Waals surface area contributed by atoms with Crippen molar-refractivity contribution in [3.05, 3.63) is 24.8 Å². The van der Waals surface area contributed by atoms with Gasteiger partial charge in [0.15, 0.2) is 6.10 Å². The summed E-state index contributed by atoms with van der Waals surface area (Å²) >= 11 is 0. The standard InChI is InChI=1S/C13H7F17O2.C5H8O2/c1-3-5(31)32-4(2)6(14,15)7(16,17)8(18,19)9(20,21)10(22,23)11(24,25)12(26,27)13(28,29)30;1-4(2)5(6)7-3/h3-4H,1H2,2H3;1H2,2-3H3. The molecule has 39 heavy (non-hydrogen) atoms. The zero-order valence-electron chi connectivity index (χ0n) is 19.1. The van der Waals surface area contributed by atoms with Crippen molar-refractivity contribution in [2.24, 2.45) is 0 Å². The molecule has 0 radical (unpaired) electrons. The average molecular weight is 618 g/mol. The van der Waals surface area contributed by atoms with Gasteiger partial charge in [-0.15, -0.1) is 0 Å². The number of alkyl halides is 17. The minimum absolute atomic E-state index is 0.0641. The molecule has 0 rings (SSSR count). The lowest BCUT2D eigenvalue weighted by atomic mass is 9.88. The Bertz CT molecular complexity index is 921. The number of carbonyl (C=O) groups is 2. The molecule has 0 aromatic carbocycles. The zero-order chi connectivity index (χ0) is 32.4. The van der Waals surface area contributed by atoms with E-state index in [0.29, 0.717) is 5.57 Å². The smallest absolute Gasteiger partial charge is 0.460 e. The molecule has 0 aliphatic rings. The van der Waals surface area contributed by atoms with Crippen molar-refractivity contribution in [1.82, 2.24) is 0 Å². The Labute approximate surface area is 206 Å². The maximum atomic E-state index is 13.6. The van der Waals surface area contributed by atoms with Gasteiger partial charge in [-0.2, -0.15) is 74.6 Å². The van der Waals surface area contributed by atoms with E-state index >= 15 is 0 Å². The molecule has 0 heterocycles. The van der Waals surface area contributed by atoms with Gasteiger partial charge in [-0.1, -0.05) is 13.2 Å². The van der Waals surface area contributed by atoms with Crippen molar-refractivity contribution in [3.8, 4) is 0 Å². The van der Waals surface area contributed by atoms with E-state index in [-0.39, 0.29) is 12.0 Å². The Hall–Kier alpha value is -2.77. The first kappa shape index (κ1) is 38.4. The summed E-state index contributed by atoms with van der Waals surface area (Å²) in [5.74, 6) is -59.8. The molecule has 230 valence electrons. The van der Waals surface area contributed by atoms with E-state index in [1.165, 1.54) is 7.11 Å². The van der Waals surface area contributed by atoms with Crippen molar-refractivity contribution >= 4 is 11.9 Å². The van der Waals surface area contributed by atoms with Crippen molar-refractivity contribution in [1.29, 1.82) is 0 Å². The van der Waals surface area contributed by atoms with Crippen molar-refractivity contribution in [3.63, 3.8) is 0 Å². The highest BCUT2D eigenvalue weighted by molar-refractivity contribution is 5.86. The fraction of sp³-hybridized carbons (Fsp3) is 0.667. The molecule has 0 amide bonds. The third-order valence-corrected chi connectivity index (χ3v) is 4.25. The Kier molecular flexibility index (Phi) is 11.2. The SMILES string of the molecule is C=C(C)C(=O)OC.C=CC(=O)OC(C)C(F)(F)C(F)(F)C(F)(F)C(F)(F)C(F)(F)C(F)(F)C(F)(F)C(F)(F)F. The van der Waals surface area contributed by atoms with Gasteiger partial charge >= 0.3 is 59.6 Å². The van der Waals surface area contributed by atoms with E-state index < -0.39 is 66.6 Å². The minimum atomic E-state index is -8.71. The second-order valence-electron chi connectivity index (χ2n) is 7.12. The summed E-state index contributed by atoms with van der Waals surface area (Å²) in [6.45, 7) is 7.09. The fourth-order valence-corrected chi connectivity index (χ4v) is 1.90. The van der Waals surface area contributed by atoms with Crippen LogP contribution in [0.5, 0.6) is 0 Å². The number of methoxy groups -OCH3 is 1. The van der Waals surface area contributed by atoms with Gasteiger partial charge in [0.2, 0.25) is 0 Å². The molecule has 0 fully saturated rings. The lowest BCUT2D eigenvalue weighted by Gasteiger charge is -2.43. The van der Waals surface area contributed by atoms with Gasteiger partial charge in [-0.25, -0.2) is 9.59 Å². The molecular formula is C18H15F17O4. The minimum Gasteiger partial charge on any atom is -0.466 e. The van der Waals surface area contributed by atoms with Crippen LogP contribution in [0.25, 0.3) is 0 Å². The number of hydrogen-bond acceptors (Lipinski definition) is 4. The number of halogens is 17. The van der Waals surface area contributed by atoms with Gasteiger partial charge in [0.05, 0.1) is 7.11 Å². The Morgan fingerprint density at radius 1 is 0.667 bits per heavy atom. The molecular weight excluding hydrogens is 603 g/mol. The Morgan fingerprint density at radius 2 is 0.974 bits per heavy atom. The first-order valence-electron chi connectivity index (χ1n) is 9.09. The number of rotatable bonds is 10. The Morgan fingerprint density at radius 3 is 1.21 bits per heavy atom. The highest BCUT2D eigenvalue weighted by Crippen LogP contribution is 2.64. The van der Waals surface area contributed by atoms with Crippen molar-refractivity contribution in [2.45, 2.75) is 67.6 Å². The summed E-state index contributed by atoms with van der Waals surface area (Å²) in [5.41, 5.74) is 0.433. The Balaban J connectivity index is 0. The third-order valence-electron chi connectivity index (χ3n) is 4.25. The van der Waals surface area contributed by atoms with Gasteiger partial charge in [0.1, 0.15) is 0 Å².